The number of hydrogen-bond donors (Lipinski definition) is 1. The molecule has 1 heterocycles. The van der Waals surface area contributed by atoms with Crippen LogP contribution in [0.2, 0.25) is 0 Å². The Hall–Kier alpha value is -3.21. The molecule has 0 aliphatic carbocycles. The summed E-state index contributed by atoms with van der Waals surface area (Å²) in [5.41, 5.74) is 4.29. The zero-order valence-corrected chi connectivity index (χ0v) is 15.1. The first-order chi connectivity index (χ1) is 12.5. The standard InChI is InChI=1S/C21H21N3O2/c1-14-9-10-17(13-15(14)2)19-11-12-20(25)24(23-19)16(3)21(26)22-18-7-5-4-6-8-18/h4-13,16H,1-3H3,(H,22,26)/t16-/m0/s1. The number of para-hydroxylation sites is 1. The lowest BCUT2D eigenvalue weighted by Gasteiger charge is -2.15. The van der Waals surface area contributed by atoms with Crippen LogP contribution < -0.4 is 10.9 Å². The van der Waals surface area contributed by atoms with Crippen molar-refractivity contribution < 1.29 is 4.79 Å². The van der Waals surface area contributed by atoms with E-state index in [2.05, 4.69) is 10.4 Å². The second-order valence-corrected chi connectivity index (χ2v) is 6.33. The highest BCUT2D eigenvalue weighted by Gasteiger charge is 2.18. The number of rotatable bonds is 4. The molecule has 2 aromatic carbocycles. The highest BCUT2D eigenvalue weighted by molar-refractivity contribution is 5.93. The number of amides is 1. The smallest absolute Gasteiger partial charge is 0.267 e. The molecule has 0 saturated carbocycles. The molecule has 3 aromatic rings. The van der Waals surface area contributed by atoms with Crippen LogP contribution in [0.15, 0.2) is 65.5 Å². The minimum Gasteiger partial charge on any atom is -0.324 e. The summed E-state index contributed by atoms with van der Waals surface area (Å²) in [6, 6.07) is 17.6. The molecule has 0 fully saturated rings. The van der Waals surface area contributed by atoms with Gasteiger partial charge in [0.1, 0.15) is 6.04 Å². The van der Waals surface area contributed by atoms with E-state index in [1.54, 1.807) is 25.1 Å². The normalized spacial score (nSPS) is 11.8. The van der Waals surface area contributed by atoms with Crippen LogP contribution in [0.1, 0.15) is 24.1 Å². The number of carbonyl (C=O) groups excluding carboxylic acids is 1. The van der Waals surface area contributed by atoms with Gasteiger partial charge in [0.25, 0.3) is 5.56 Å². The Morgan fingerprint density at radius 2 is 1.73 bits per heavy atom. The van der Waals surface area contributed by atoms with Gasteiger partial charge in [-0.15, -0.1) is 0 Å². The molecule has 0 aliphatic rings. The van der Waals surface area contributed by atoms with Crippen LogP contribution in [0, 0.1) is 13.8 Å². The van der Waals surface area contributed by atoms with Gasteiger partial charge in [0, 0.05) is 17.3 Å². The summed E-state index contributed by atoms with van der Waals surface area (Å²) in [6.07, 6.45) is 0. The number of aromatic nitrogens is 2. The third kappa shape index (κ3) is 3.72. The van der Waals surface area contributed by atoms with Gasteiger partial charge in [-0.2, -0.15) is 5.10 Å². The molecule has 26 heavy (non-hydrogen) atoms. The number of aryl methyl sites for hydroxylation is 2. The van der Waals surface area contributed by atoms with Crippen molar-refractivity contribution in [1.29, 1.82) is 0 Å². The molecule has 1 N–H and O–H groups in total. The van der Waals surface area contributed by atoms with Crippen LogP contribution in [0.25, 0.3) is 11.3 Å². The molecule has 1 atom stereocenters. The highest BCUT2D eigenvalue weighted by Crippen LogP contribution is 2.20. The monoisotopic (exact) mass is 347 g/mol. The minimum absolute atomic E-state index is 0.289. The SMILES string of the molecule is Cc1ccc(-c2ccc(=O)n([C@@H](C)C(=O)Nc3ccccc3)n2)cc1C. The van der Waals surface area contributed by atoms with E-state index in [-0.39, 0.29) is 11.5 Å². The summed E-state index contributed by atoms with van der Waals surface area (Å²) in [5, 5.41) is 7.22. The predicted octanol–water partition coefficient (Wildman–Crippen LogP) is 3.73. The number of hydrogen-bond acceptors (Lipinski definition) is 3. The van der Waals surface area contributed by atoms with Crippen LogP contribution in [0.4, 0.5) is 5.69 Å². The van der Waals surface area contributed by atoms with Crippen LogP contribution >= 0.6 is 0 Å². The van der Waals surface area contributed by atoms with E-state index in [0.29, 0.717) is 11.4 Å². The summed E-state index contributed by atoms with van der Waals surface area (Å²) in [7, 11) is 0. The average Bonchev–Trinajstić information content (AvgIpc) is 2.64. The molecule has 0 spiro atoms. The number of nitrogens with one attached hydrogen (secondary N) is 1. The molecular formula is C21H21N3O2. The Labute approximate surface area is 152 Å². The maximum absolute atomic E-state index is 12.5. The Morgan fingerprint density at radius 1 is 1.00 bits per heavy atom. The van der Waals surface area contributed by atoms with Gasteiger partial charge in [-0.3, -0.25) is 9.59 Å². The summed E-state index contributed by atoms with van der Waals surface area (Å²) in [4.78, 5) is 24.7. The van der Waals surface area contributed by atoms with Crippen LogP contribution in [-0.2, 0) is 4.79 Å². The first kappa shape index (κ1) is 17.6. The van der Waals surface area contributed by atoms with Crippen molar-refractivity contribution in [2.45, 2.75) is 26.8 Å². The lowest BCUT2D eigenvalue weighted by atomic mass is 10.0. The lowest BCUT2D eigenvalue weighted by molar-refractivity contribution is -0.119. The summed E-state index contributed by atoms with van der Waals surface area (Å²) < 4.78 is 1.22. The topological polar surface area (TPSA) is 64.0 Å². The van der Waals surface area contributed by atoms with Crippen LogP contribution in [-0.4, -0.2) is 15.7 Å². The molecule has 0 bridgehead atoms. The Bertz CT molecular complexity index is 994. The number of carbonyl (C=O) groups is 1. The Morgan fingerprint density at radius 3 is 2.42 bits per heavy atom. The summed E-state index contributed by atoms with van der Waals surface area (Å²) in [5.74, 6) is -0.289. The van der Waals surface area contributed by atoms with Crippen molar-refractivity contribution >= 4 is 11.6 Å². The summed E-state index contributed by atoms with van der Waals surface area (Å²) >= 11 is 0. The molecule has 0 aliphatic heterocycles. The fourth-order valence-corrected chi connectivity index (χ4v) is 2.64. The van der Waals surface area contributed by atoms with Crippen LogP contribution in [0.5, 0.6) is 0 Å². The highest BCUT2D eigenvalue weighted by atomic mass is 16.2. The average molecular weight is 347 g/mol. The second kappa shape index (κ2) is 7.35. The molecule has 132 valence electrons. The third-order valence-electron chi connectivity index (χ3n) is 4.42. The Balaban J connectivity index is 1.90. The number of benzene rings is 2. The number of nitrogens with zero attached hydrogens (tertiary/aromatic N) is 2. The van der Waals surface area contributed by atoms with E-state index in [9.17, 15) is 9.59 Å². The zero-order valence-electron chi connectivity index (χ0n) is 15.1. The maximum Gasteiger partial charge on any atom is 0.267 e. The predicted molar refractivity (Wildman–Crippen MR) is 103 cm³/mol. The molecule has 1 amide bonds. The molecule has 0 radical (unpaired) electrons. The van der Waals surface area contributed by atoms with E-state index in [4.69, 9.17) is 0 Å². The Kier molecular flexibility index (Phi) is 4.98. The van der Waals surface area contributed by atoms with E-state index in [1.165, 1.54) is 16.3 Å². The molecule has 0 saturated heterocycles. The van der Waals surface area contributed by atoms with Gasteiger partial charge in [0.15, 0.2) is 0 Å². The minimum atomic E-state index is -0.728. The quantitative estimate of drug-likeness (QED) is 0.782. The lowest BCUT2D eigenvalue weighted by Crippen LogP contribution is -2.33. The second-order valence-electron chi connectivity index (χ2n) is 6.33. The fourth-order valence-electron chi connectivity index (χ4n) is 2.64. The van der Waals surface area contributed by atoms with E-state index in [0.717, 1.165) is 11.1 Å². The maximum atomic E-state index is 12.5. The van der Waals surface area contributed by atoms with Crippen molar-refractivity contribution in [1.82, 2.24) is 9.78 Å². The van der Waals surface area contributed by atoms with Crippen molar-refractivity contribution in [3.05, 3.63) is 82.1 Å². The zero-order chi connectivity index (χ0) is 18.7. The molecule has 5 nitrogen and oxygen atoms in total. The van der Waals surface area contributed by atoms with Crippen molar-refractivity contribution in [3.63, 3.8) is 0 Å². The molecular weight excluding hydrogens is 326 g/mol. The van der Waals surface area contributed by atoms with E-state index < -0.39 is 6.04 Å². The molecule has 3 rings (SSSR count). The first-order valence-electron chi connectivity index (χ1n) is 8.49. The van der Waals surface area contributed by atoms with Crippen molar-refractivity contribution in [3.8, 4) is 11.3 Å². The van der Waals surface area contributed by atoms with Gasteiger partial charge in [-0.25, -0.2) is 4.68 Å². The van der Waals surface area contributed by atoms with Crippen molar-refractivity contribution in [2.24, 2.45) is 0 Å². The van der Waals surface area contributed by atoms with Gasteiger partial charge in [-0.05, 0) is 56.2 Å². The van der Waals surface area contributed by atoms with Gasteiger partial charge < -0.3 is 5.32 Å². The van der Waals surface area contributed by atoms with Crippen LogP contribution in [0.3, 0.4) is 0 Å². The third-order valence-corrected chi connectivity index (χ3v) is 4.42. The van der Waals surface area contributed by atoms with E-state index >= 15 is 0 Å². The van der Waals surface area contributed by atoms with Gasteiger partial charge in [0.05, 0.1) is 5.69 Å². The molecule has 1 aromatic heterocycles. The van der Waals surface area contributed by atoms with Crippen molar-refractivity contribution in [2.75, 3.05) is 5.32 Å². The van der Waals surface area contributed by atoms with Gasteiger partial charge in [0.2, 0.25) is 5.91 Å². The molecule has 5 heteroatoms. The van der Waals surface area contributed by atoms with Gasteiger partial charge in [-0.1, -0.05) is 30.3 Å². The van der Waals surface area contributed by atoms with Gasteiger partial charge >= 0.3 is 0 Å². The molecule has 0 unspecified atom stereocenters. The largest absolute Gasteiger partial charge is 0.324 e. The van der Waals surface area contributed by atoms with E-state index in [1.807, 2.05) is 50.2 Å². The summed E-state index contributed by atoms with van der Waals surface area (Å²) in [6.45, 7) is 5.74. The first-order valence-corrected chi connectivity index (χ1v) is 8.49. The number of anilines is 1. The fraction of sp³-hybridized carbons (Fsp3) is 0.190.